The number of methoxy groups -OCH3 is 1. The van der Waals surface area contributed by atoms with Gasteiger partial charge in [-0.2, -0.15) is 0 Å². The van der Waals surface area contributed by atoms with Crippen LogP contribution in [0.5, 0.6) is 5.75 Å². The van der Waals surface area contributed by atoms with E-state index in [1.165, 1.54) is 6.07 Å². The van der Waals surface area contributed by atoms with Crippen molar-refractivity contribution in [2.75, 3.05) is 43.1 Å². The molecule has 0 atom stereocenters. The summed E-state index contributed by atoms with van der Waals surface area (Å²) in [6, 6.07) is 11.0. The minimum Gasteiger partial charge on any atom is -0.495 e. The minimum absolute atomic E-state index is 0.261. The van der Waals surface area contributed by atoms with E-state index in [2.05, 4.69) is 16.0 Å². The normalized spacial score (nSPS) is 15.1. The fraction of sp³-hybridized carbons (Fsp3) is 0.312. The van der Waals surface area contributed by atoms with Crippen molar-refractivity contribution in [1.29, 1.82) is 0 Å². The van der Waals surface area contributed by atoms with E-state index in [4.69, 9.17) is 4.74 Å². The number of para-hydroxylation sites is 2. The van der Waals surface area contributed by atoms with Gasteiger partial charge in [0, 0.05) is 32.4 Å². The Labute approximate surface area is 123 Å². The molecule has 0 amide bonds. The molecule has 1 aromatic carbocycles. The van der Waals surface area contributed by atoms with Gasteiger partial charge in [0.1, 0.15) is 5.75 Å². The Morgan fingerprint density at radius 1 is 1.00 bits per heavy atom. The van der Waals surface area contributed by atoms with E-state index in [1.54, 1.807) is 19.4 Å². The molecule has 1 fully saturated rings. The van der Waals surface area contributed by atoms with Gasteiger partial charge in [-0.1, -0.05) is 12.1 Å². The van der Waals surface area contributed by atoms with Crippen LogP contribution >= 0.6 is 0 Å². The van der Waals surface area contributed by atoms with Crippen molar-refractivity contribution >= 4 is 11.5 Å². The summed E-state index contributed by atoms with van der Waals surface area (Å²) in [6.07, 6.45) is 1.63. The molecule has 110 valence electrons. The van der Waals surface area contributed by atoms with Crippen LogP contribution in [0.15, 0.2) is 42.6 Å². The Balaban J connectivity index is 1.72. The first kappa shape index (κ1) is 13.7. The lowest BCUT2D eigenvalue weighted by Gasteiger charge is -2.37. The lowest BCUT2D eigenvalue weighted by Crippen LogP contribution is -2.47. The van der Waals surface area contributed by atoms with Gasteiger partial charge in [-0.15, -0.1) is 0 Å². The third-order valence-corrected chi connectivity index (χ3v) is 3.74. The Morgan fingerprint density at radius 2 is 1.71 bits per heavy atom. The number of pyridine rings is 1. The SMILES string of the molecule is COc1ccccc1N1CCN(c2ncccc2F)CC1. The zero-order valence-electron chi connectivity index (χ0n) is 12.0. The maximum absolute atomic E-state index is 13.8. The Bertz CT molecular complexity index is 612. The summed E-state index contributed by atoms with van der Waals surface area (Å²) in [4.78, 5) is 8.39. The van der Waals surface area contributed by atoms with Crippen molar-refractivity contribution in [3.05, 3.63) is 48.4 Å². The molecule has 0 radical (unpaired) electrons. The van der Waals surface area contributed by atoms with Crippen LogP contribution in [0.25, 0.3) is 0 Å². The van der Waals surface area contributed by atoms with Crippen LogP contribution in [0, 0.1) is 5.82 Å². The molecular formula is C16H18FN3O. The van der Waals surface area contributed by atoms with Gasteiger partial charge in [-0.05, 0) is 24.3 Å². The molecule has 0 N–H and O–H groups in total. The molecule has 2 heterocycles. The highest BCUT2D eigenvalue weighted by Crippen LogP contribution is 2.29. The number of benzene rings is 1. The third kappa shape index (κ3) is 2.77. The number of anilines is 2. The molecule has 1 aliphatic rings. The number of piperazine rings is 1. The van der Waals surface area contributed by atoms with Crippen LogP contribution in [-0.2, 0) is 0 Å². The van der Waals surface area contributed by atoms with Crippen molar-refractivity contribution < 1.29 is 9.13 Å². The lowest BCUT2D eigenvalue weighted by atomic mass is 10.2. The summed E-state index contributed by atoms with van der Waals surface area (Å²) in [5.41, 5.74) is 1.08. The number of nitrogens with zero attached hydrogens (tertiary/aromatic N) is 3. The van der Waals surface area contributed by atoms with Crippen molar-refractivity contribution in [3.8, 4) is 5.75 Å². The molecule has 1 aliphatic heterocycles. The van der Waals surface area contributed by atoms with Crippen LogP contribution in [0.3, 0.4) is 0 Å². The minimum atomic E-state index is -0.261. The van der Waals surface area contributed by atoms with Gasteiger partial charge in [0.05, 0.1) is 12.8 Å². The quantitative estimate of drug-likeness (QED) is 0.867. The maximum Gasteiger partial charge on any atom is 0.165 e. The average Bonchev–Trinajstić information content (AvgIpc) is 2.55. The van der Waals surface area contributed by atoms with Crippen LogP contribution in [0.2, 0.25) is 0 Å². The smallest absolute Gasteiger partial charge is 0.165 e. The summed E-state index contributed by atoms with van der Waals surface area (Å²) in [5.74, 6) is 1.05. The van der Waals surface area contributed by atoms with E-state index in [1.807, 2.05) is 23.1 Å². The van der Waals surface area contributed by atoms with Gasteiger partial charge < -0.3 is 14.5 Å². The van der Waals surface area contributed by atoms with Gasteiger partial charge in [0.25, 0.3) is 0 Å². The first-order valence-electron chi connectivity index (χ1n) is 7.03. The Hall–Kier alpha value is -2.30. The predicted octanol–water partition coefficient (Wildman–Crippen LogP) is 2.56. The van der Waals surface area contributed by atoms with E-state index in [-0.39, 0.29) is 5.82 Å². The zero-order chi connectivity index (χ0) is 14.7. The molecule has 3 rings (SSSR count). The molecule has 1 aromatic heterocycles. The molecule has 0 unspecified atom stereocenters. The monoisotopic (exact) mass is 287 g/mol. The summed E-state index contributed by atoms with van der Waals surface area (Å²) < 4.78 is 19.2. The number of hydrogen-bond acceptors (Lipinski definition) is 4. The highest BCUT2D eigenvalue weighted by Gasteiger charge is 2.21. The molecule has 0 bridgehead atoms. The second-order valence-electron chi connectivity index (χ2n) is 4.95. The van der Waals surface area contributed by atoms with Crippen molar-refractivity contribution in [2.45, 2.75) is 0 Å². The first-order chi connectivity index (χ1) is 10.3. The van der Waals surface area contributed by atoms with Gasteiger partial charge in [0.2, 0.25) is 0 Å². The average molecular weight is 287 g/mol. The zero-order valence-corrected chi connectivity index (χ0v) is 12.0. The standard InChI is InChI=1S/C16H18FN3O/c1-21-15-7-3-2-6-14(15)19-9-11-20(12-10-19)16-13(17)5-4-8-18-16/h2-8H,9-12H2,1H3. The van der Waals surface area contributed by atoms with E-state index in [0.29, 0.717) is 5.82 Å². The highest BCUT2D eigenvalue weighted by atomic mass is 19.1. The van der Waals surface area contributed by atoms with E-state index >= 15 is 0 Å². The van der Waals surface area contributed by atoms with Crippen LogP contribution in [-0.4, -0.2) is 38.3 Å². The van der Waals surface area contributed by atoms with Crippen LogP contribution in [0.4, 0.5) is 15.9 Å². The van der Waals surface area contributed by atoms with E-state index in [9.17, 15) is 4.39 Å². The van der Waals surface area contributed by atoms with Crippen LogP contribution < -0.4 is 14.5 Å². The number of hydrogen-bond donors (Lipinski definition) is 0. The Morgan fingerprint density at radius 3 is 2.43 bits per heavy atom. The topological polar surface area (TPSA) is 28.6 Å². The van der Waals surface area contributed by atoms with E-state index < -0.39 is 0 Å². The highest BCUT2D eigenvalue weighted by molar-refractivity contribution is 5.59. The first-order valence-corrected chi connectivity index (χ1v) is 7.03. The largest absolute Gasteiger partial charge is 0.495 e. The number of rotatable bonds is 3. The lowest BCUT2D eigenvalue weighted by molar-refractivity contribution is 0.413. The number of aromatic nitrogens is 1. The van der Waals surface area contributed by atoms with Gasteiger partial charge >= 0.3 is 0 Å². The Kier molecular flexibility index (Phi) is 3.90. The summed E-state index contributed by atoms with van der Waals surface area (Å²) >= 11 is 0. The molecule has 0 saturated carbocycles. The molecule has 5 heteroatoms. The van der Waals surface area contributed by atoms with Crippen molar-refractivity contribution in [2.24, 2.45) is 0 Å². The second-order valence-corrected chi connectivity index (χ2v) is 4.95. The summed E-state index contributed by atoms with van der Waals surface area (Å²) in [6.45, 7) is 3.12. The van der Waals surface area contributed by atoms with Gasteiger partial charge in [-0.25, -0.2) is 9.37 Å². The summed E-state index contributed by atoms with van der Waals surface area (Å²) in [7, 11) is 1.68. The van der Waals surface area contributed by atoms with Gasteiger partial charge in [0.15, 0.2) is 11.6 Å². The van der Waals surface area contributed by atoms with E-state index in [0.717, 1.165) is 37.6 Å². The van der Waals surface area contributed by atoms with Crippen molar-refractivity contribution in [1.82, 2.24) is 4.98 Å². The van der Waals surface area contributed by atoms with Crippen molar-refractivity contribution in [3.63, 3.8) is 0 Å². The summed E-state index contributed by atoms with van der Waals surface area (Å²) in [5, 5.41) is 0. The van der Waals surface area contributed by atoms with Gasteiger partial charge in [-0.3, -0.25) is 0 Å². The fourth-order valence-corrected chi connectivity index (χ4v) is 2.66. The predicted molar refractivity (Wildman–Crippen MR) is 81.6 cm³/mol. The molecular weight excluding hydrogens is 269 g/mol. The maximum atomic E-state index is 13.8. The second kappa shape index (κ2) is 5.99. The number of halogens is 1. The molecule has 0 spiro atoms. The number of ether oxygens (including phenoxy) is 1. The van der Waals surface area contributed by atoms with Crippen LogP contribution in [0.1, 0.15) is 0 Å². The molecule has 1 saturated heterocycles. The molecule has 0 aliphatic carbocycles. The molecule has 21 heavy (non-hydrogen) atoms. The molecule has 4 nitrogen and oxygen atoms in total. The third-order valence-electron chi connectivity index (χ3n) is 3.74. The molecule has 2 aromatic rings. The fourth-order valence-electron chi connectivity index (χ4n) is 2.66.